The van der Waals surface area contributed by atoms with E-state index in [4.69, 9.17) is 21.1 Å². The van der Waals surface area contributed by atoms with Crippen molar-refractivity contribution in [3.05, 3.63) is 76.6 Å². The smallest absolute Gasteiger partial charge is 0.274 e. The van der Waals surface area contributed by atoms with Crippen LogP contribution in [0.3, 0.4) is 0 Å². The lowest BCUT2D eigenvalue weighted by molar-refractivity contribution is -0.00121. The molecule has 3 heterocycles. The van der Waals surface area contributed by atoms with Gasteiger partial charge < -0.3 is 19.3 Å². The molecule has 8 heteroatoms. The number of rotatable bonds is 4. The van der Waals surface area contributed by atoms with Gasteiger partial charge in [0.2, 0.25) is 0 Å². The number of carbonyl (C=O) groups excluding carboxylic acids is 1. The summed E-state index contributed by atoms with van der Waals surface area (Å²) >= 11 is 5.99. The molecule has 166 valence electrons. The number of hydrogen-bond donors (Lipinski definition) is 0. The molecule has 32 heavy (non-hydrogen) atoms. The minimum atomic E-state index is -0.103. The summed E-state index contributed by atoms with van der Waals surface area (Å²) in [4.78, 5) is 17.3. The molecule has 0 N–H and O–H groups in total. The number of hydrogen-bond acceptors (Lipinski definition) is 5. The molecule has 2 aromatic carbocycles. The lowest BCUT2D eigenvalue weighted by Crippen LogP contribution is -2.48. The summed E-state index contributed by atoms with van der Waals surface area (Å²) < 4.78 is 13.2. The van der Waals surface area contributed by atoms with Crippen LogP contribution in [0.4, 0.5) is 5.69 Å². The molecule has 0 spiro atoms. The first-order valence-electron chi connectivity index (χ1n) is 10.7. The number of halogens is 1. The van der Waals surface area contributed by atoms with E-state index in [1.807, 2.05) is 58.1 Å². The minimum Gasteiger partial charge on any atom is -0.497 e. The second-order valence-corrected chi connectivity index (χ2v) is 8.47. The first-order valence-corrected chi connectivity index (χ1v) is 11.1. The molecule has 1 atom stereocenters. The molecular weight excluding hydrogens is 428 g/mol. The van der Waals surface area contributed by atoms with Gasteiger partial charge in [0, 0.05) is 43.0 Å². The van der Waals surface area contributed by atoms with E-state index >= 15 is 0 Å². The minimum absolute atomic E-state index is 0.0276. The number of benzene rings is 2. The maximum absolute atomic E-state index is 13.1. The molecule has 0 radical (unpaired) electrons. The van der Waals surface area contributed by atoms with Gasteiger partial charge in [0.1, 0.15) is 11.9 Å². The number of amides is 1. The second kappa shape index (κ2) is 8.84. The van der Waals surface area contributed by atoms with Crippen LogP contribution in [0.2, 0.25) is 5.02 Å². The molecule has 0 saturated carbocycles. The zero-order valence-electron chi connectivity index (χ0n) is 17.9. The summed E-state index contributed by atoms with van der Waals surface area (Å²) in [6, 6.07) is 17.5. The number of methoxy groups -OCH3 is 1. The summed E-state index contributed by atoms with van der Waals surface area (Å²) in [6.07, 6.45) is -0.103. The van der Waals surface area contributed by atoms with Gasteiger partial charge in [0.15, 0.2) is 5.69 Å². The molecule has 5 rings (SSSR count). The van der Waals surface area contributed by atoms with Gasteiger partial charge >= 0.3 is 0 Å². The molecule has 2 aliphatic heterocycles. The van der Waals surface area contributed by atoms with Crippen LogP contribution in [0.25, 0.3) is 0 Å². The number of ether oxygens (including phenoxy) is 2. The third-order valence-electron chi connectivity index (χ3n) is 6.08. The summed E-state index contributed by atoms with van der Waals surface area (Å²) in [7, 11) is 1.67. The Morgan fingerprint density at radius 1 is 1.09 bits per heavy atom. The van der Waals surface area contributed by atoms with Gasteiger partial charge in [-0.25, -0.2) is 0 Å². The maximum Gasteiger partial charge on any atom is 0.274 e. The Morgan fingerprint density at radius 2 is 1.88 bits per heavy atom. The highest BCUT2D eigenvalue weighted by molar-refractivity contribution is 6.30. The van der Waals surface area contributed by atoms with E-state index in [9.17, 15) is 4.79 Å². The van der Waals surface area contributed by atoms with Gasteiger partial charge in [-0.2, -0.15) is 5.10 Å². The fourth-order valence-corrected chi connectivity index (χ4v) is 4.37. The fourth-order valence-electron chi connectivity index (χ4n) is 4.25. The monoisotopic (exact) mass is 452 g/mol. The average molecular weight is 453 g/mol. The second-order valence-electron chi connectivity index (χ2n) is 8.03. The molecule has 3 aromatic rings. The highest BCUT2D eigenvalue weighted by Crippen LogP contribution is 2.28. The van der Waals surface area contributed by atoms with Gasteiger partial charge in [-0.05, 0) is 35.9 Å². The van der Waals surface area contributed by atoms with Crippen LogP contribution in [-0.2, 0) is 17.9 Å². The normalized spacial score (nSPS) is 18.4. The summed E-state index contributed by atoms with van der Waals surface area (Å²) in [5.74, 6) is 0.809. The van der Waals surface area contributed by atoms with Crippen LogP contribution in [-0.4, -0.2) is 53.9 Å². The molecule has 1 saturated heterocycles. The van der Waals surface area contributed by atoms with E-state index in [0.717, 1.165) is 35.8 Å². The van der Waals surface area contributed by atoms with E-state index in [2.05, 4.69) is 16.1 Å². The first kappa shape index (κ1) is 20.8. The molecule has 1 amide bonds. The molecule has 7 nitrogen and oxygen atoms in total. The highest BCUT2D eigenvalue weighted by Gasteiger charge is 2.28. The Hall–Kier alpha value is -3.03. The van der Waals surface area contributed by atoms with Gasteiger partial charge in [0.05, 0.1) is 26.0 Å². The molecule has 1 fully saturated rings. The summed E-state index contributed by atoms with van der Waals surface area (Å²) in [5, 5.41) is 5.31. The summed E-state index contributed by atoms with van der Waals surface area (Å²) in [5.41, 5.74) is 3.57. The summed E-state index contributed by atoms with van der Waals surface area (Å²) in [6.45, 7) is 3.86. The quantitative estimate of drug-likeness (QED) is 0.603. The predicted molar refractivity (Wildman–Crippen MR) is 122 cm³/mol. The average Bonchev–Trinajstić information content (AvgIpc) is 3.28. The largest absolute Gasteiger partial charge is 0.497 e. The number of nitrogens with zero attached hydrogens (tertiary/aromatic N) is 4. The van der Waals surface area contributed by atoms with Crippen LogP contribution in [0.1, 0.15) is 27.8 Å². The van der Waals surface area contributed by atoms with E-state index in [1.165, 1.54) is 0 Å². The van der Waals surface area contributed by atoms with Crippen LogP contribution < -0.4 is 9.64 Å². The Bertz CT molecular complexity index is 1110. The van der Waals surface area contributed by atoms with Crippen molar-refractivity contribution < 1.29 is 14.3 Å². The molecule has 0 unspecified atom stereocenters. The number of anilines is 1. The topological polar surface area (TPSA) is 59.8 Å². The maximum atomic E-state index is 13.1. The molecule has 2 aliphatic rings. The van der Waals surface area contributed by atoms with Crippen molar-refractivity contribution in [3.63, 3.8) is 0 Å². The molecular formula is C24H25ClN4O3. The van der Waals surface area contributed by atoms with Crippen LogP contribution in [0, 0.1) is 0 Å². The van der Waals surface area contributed by atoms with E-state index in [0.29, 0.717) is 37.0 Å². The van der Waals surface area contributed by atoms with Crippen LogP contribution in [0.5, 0.6) is 5.75 Å². The standard InChI is InChI=1S/C24H25ClN4O3/c1-31-21-4-2-3-19(13-21)27-9-11-28(12-10-27)24(30)22-14-20-16-32-23(15-29(20)26-22)17-5-7-18(25)8-6-17/h2-8,13-14,23H,9-12,15-16H2,1H3/t23-/m1/s1. The lowest BCUT2D eigenvalue weighted by atomic mass is 10.1. The number of carbonyl (C=O) groups is 1. The Labute approximate surface area is 192 Å². The van der Waals surface area contributed by atoms with Crippen molar-refractivity contribution in [1.82, 2.24) is 14.7 Å². The van der Waals surface area contributed by atoms with Crippen molar-refractivity contribution in [3.8, 4) is 5.75 Å². The molecule has 0 aliphatic carbocycles. The Balaban J connectivity index is 1.23. The van der Waals surface area contributed by atoms with Crippen molar-refractivity contribution in [2.75, 3.05) is 38.2 Å². The SMILES string of the molecule is COc1cccc(N2CCN(C(=O)c3cc4n(n3)C[C@H](c3ccc(Cl)cc3)OC4)CC2)c1. The zero-order chi connectivity index (χ0) is 22.1. The first-order chi connectivity index (χ1) is 15.6. The number of piperazine rings is 1. The van der Waals surface area contributed by atoms with Crippen molar-refractivity contribution in [1.29, 1.82) is 0 Å². The zero-order valence-corrected chi connectivity index (χ0v) is 18.7. The van der Waals surface area contributed by atoms with Crippen molar-refractivity contribution >= 4 is 23.2 Å². The van der Waals surface area contributed by atoms with Gasteiger partial charge in [-0.15, -0.1) is 0 Å². The van der Waals surface area contributed by atoms with Gasteiger partial charge in [-0.1, -0.05) is 29.8 Å². The van der Waals surface area contributed by atoms with Gasteiger partial charge in [0.25, 0.3) is 5.91 Å². The van der Waals surface area contributed by atoms with E-state index < -0.39 is 0 Å². The Morgan fingerprint density at radius 3 is 2.62 bits per heavy atom. The third kappa shape index (κ3) is 4.18. The lowest BCUT2D eigenvalue weighted by Gasteiger charge is -2.35. The Kier molecular flexibility index (Phi) is 5.76. The fraction of sp³-hybridized carbons (Fsp3) is 0.333. The van der Waals surface area contributed by atoms with Gasteiger partial charge in [-0.3, -0.25) is 9.48 Å². The predicted octanol–water partition coefficient (Wildman–Crippen LogP) is 3.78. The number of fused-ring (bicyclic) bond motifs is 1. The number of aromatic nitrogens is 2. The van der Waals surface area contributed by atoms with E-state index in [-0.39, 0.29) is 12.0 Å². The van der Waals surface area contributed by atoms with Crippen molar-refractivity contribution in [2.24, 2.45) is 0 Å². The molecule has 1 aromatic heterocycles. The van der Waals surface area contributed by atoms with E-state index in [1.54, 1.807) is 7.11 Å². The van der Waals surface area contributed by atoms with Crippen LogP contribution >= 0.6 is 11.6 Å². The highest BCUT2D eigenvalue weighted by atomic mass is 35.5. The molecule has 0 bridgehead atoms. The third-order valence-corrected chi connectivity index (χ3v) is 6.33. The van der Waals surface area contributed by atoms with Crippen LogP contribution in [0.15, 0.2) is 54.6 Å². The van der Waals surface area contributed by atoms with Crippen molar-refractivity contribution in [2.45, 2.75) is 19.3 Å².